The summed E-state index contributed by atoms with van der Waals surface area (Å²) in [7, 11) is 0. The van der Waals surface area contributed by atoms with E-state index in [1.807, 2.05) is 60.7 Å². The predicted molar refractivity (Wildman–Crippen MR) is 132 cm³/mol. The maximum Gasteiger partial charge on any atom is 0.162 e. The predicted octanol–water partition coefficient (Wildman–Crippen LogP) is 7.09. The van der Waals surface area contributed by atoms with Gasteiger partial charge < -0.3 is 5.32 Å². The van der Waals surface area contributed by atoms with Gasteiger partial charge in [-0.15, -0.1) is 0 Å². The zero-order chi connectivity index (χ0) is 21.6. The molecule has 0 amide bonds. The van der Waals surface area contributed by atoms with Gasteiger partial charge in [0.1, 0.15) is 5.82 Å². The minimum Gasteiger partial charge on any atom is -0.365 e. The van der Waals surface area contributed by atoms with Crippen molar-refractivity contribution < 1.29 is 0 Å². The molecule has 32 heavy (non-hydrogen) atoms. The molecule has 3 nitrogen and oxygen atoms in total. The Hall–Kier alpha value is -4.24. The Morgan fingerprint density at radius 3 is 1.59 bits per heavy atom. The van der Waals surface area contributed by atoms with E-state index in [1.165, 1.54) is 5.56 Å². The maximum absolute atomic E-state index is 5.05. The number of nitrogens with one attached hydrogen (secondary N) is 1. The van der Waals surface area contributed by atoms with Crippen molar-refractivity contribution in [2.24, 2.45) is 0 Å². The summed E-state index contributed by atoms with van der Waals surface area (Å²) in [5, 5.41) is 3.60. The summed E-state index contributed by atoms with van der Waals surface area (Å²) in [5.74, 6) is 1.53. The van der Waals surface area contributed by atoms with Crippen LogP contribution in [0.15, 0.2) is 121 Å². The summed E-state index contributed by atoms with van der Waals surface area (Å²) in [6, 6.07) is 41.2. The third-order valence-corrected chi connectivity index (χ3v) is 5.35. The van der Waals surface area contributed by atoms with Crippen molar-refractivity contribution in [3.05, 3.63) is 127 Å². The van der Waals surface area contributed by atoms with Crippen LogP contribution in [-0.2, 0) is 6.54 Å². The van der Waals surface area contributed by atoms with E-state index in [1.54, 1.807) is 0 Å². The number of nitrogens with zero attached hydrogens (tertiary/aromatic N) is 2. The number of aromatic nitrogens is 2. The van der Waals surface area contributed by atoms with Gasteiger partial charge in [0.15, 0.2) is 5.82 Å². The topological polar surface area (TPSA) is 37.8 Å². The minimum atomic E-state index is 0.681. The highest BCUT2D eigenvalue weighted by Gasteiger charge is 2.18. The molecule has 0 spiro atoms. The second-order valence-corrected chi connectivity index (χ2v) is 7.56. The highest BCUT2D eigenvalue weighted by molar-refractivity contribution is 5.89. The van der Waals surface area contributed by atoms with Crippen LogP contribution in [0.5, 0.6) is 0 Å². The van der Waals surface area contributed by atoms with Gasteiger partial charge in [0.05, 0.1) is 11.3 Å². The van der Waals surface area contributed by atoms with Crippen LogP contribution in [0, 0.1) is 0 Å². The Balaban J connectivity index is 1.71. The van der Waals surface area contributed by atoms with Gasteiger partial charge in [0, 0.05) is 17.7 Å². The molecule has 0 fully saturated rings. The van der Waals surface area contributed by atoms with Gasteiger partial charge in [-0.3, -0.25) is 0 Å². The molecule has 0 aliphatic rings. The largest absolute Gasteiger partial charge is 0.365 e. The zero-order valence-corrected chi connectivity index (χ0v) is 17.6. The number of hydrogen-bond acceptors (Lipinski definition) is 3. The molecule has 0 saturated carbocycles. The Labute approximate surface area is 188 Å². The summed E-state index contributed by atoms with van der Waals surface area (Å²) in [6.07, 6.45) is 0. The van der Waals surface area contributed by atoms with E-state index < -0.39 is 0 Å². The monoisotopic (exact) mass is 413 g/mol. The van der Waals surface area contributed by atoms with Gasteiger partial charge in [0.25, 0.3) is 0 Å². The first-order valence-corrected chi connectivity index (χ1v) is 10.7. The third kappa shape index (κ3) is 4.28. The van der Waals surface area contributed by atoms with E-state index in [4.69, 9.17) is 9.97 Å². The molecule has 0 saturated heterocycles. The molecule has 154 valence electrons. The lowest BCUT2D eigenvalue weighted by Crippen LogP contribution is -2.07. The maximum atomic E-state index is 5.05. The van der Waals surface area contributed by atoms with E-state index in [-0.39, 0.29) is 0 Å². The van der Waals surface area contributed by atoms with Gasteiger partial charge >= 0.3 is 0 Å². The fraction of sp³-hybridized carbons (Fsp3) is 0.0345. The van der Waals surface area contributed by atoms with Crippen LogP contribution >= 0.6 is 0 Å². The molecule has 1 aromatic heterocycles. The van der Waals surface area contributed by atoms with Crippen molar-refractivity contribution in [1.82, 2.24) is 9.97 Å². The molecule has 5 rings (SSSR count). The van der Waals surface area contributed by atoms with Crippen molar-refractivity contribution in [1.29, 1.82) is 0 Å². The minimum absolute atomic E-state index is 0.681. The Morgan fingerprint density at radius 1 is 0.500 bits per heavy atom. The molecule has 0 atom stereocenters. The quantitative estimate of drug-likeness (QED) is 0.323. The summed E-state index contributed by atoms with van der Waals surface area (Å²) >= 11 is 0. The van der Waals surface area contributed by atoms with Crippen LogP contribution in [0.4, 0.5) is 5.82 Å². The van der Waals surface area contributed by atoms with Gasteiger partial charge in [0.2, 0.25) is 0 Å². The normalized spacial score (nSPS) is 10.6. The average molecular weight is 414 g/mol. The van der Waals surface area contributed by atoms with Gasteiger partial charge in [-0.2, -0.15) is 0 Å². The molecule has 4 aromatic carbocycles. The summed E-state index contributed by atoms with van der Waals surface area (Å²) in [4.78, 5) is 10.1. The molecule has 0 bridgehead atoms. The molecule has 0 unspecified atom stereocenters. The van der Waals surface area contributed by atoms with Crippen LogP contribution in [0.2, 0.25) is 0 Å². The van der Waals surface area contributed by atoms with Gasteiger partial charge in [-0.1, -0.05) is 121 Å². The lowest BCUT2D eigenvalue weighted by Gasteiger charge is -2.17. The second-order valence-electron chi connectivity index (χ2n) is 7.56. The summed E-state index contributed by atoms with van der Waals surface area (Å²) in [5.41, 5.74) is 6.27. The highest BCUT2D eigenvalue weighted by Crippen LogP contribution is 2.37. The number of benzene rings is 4. The molecule has 3 heteroatoms. The summed E-state index contributed by atoms with van der Waals surface area (Å²) < 4.78 is 0. The summed E-state index contributed by atoms with van der Waals surface area (Å²) in [6.45, 7) is 0.681. The zero-order valence-electron chi connectivity index (χ0n) is 17.6. The van der Waals surface area contributed by atoms with E-state index in [9.17, 15) is 0 Å². The van der Waals surface area contributed by atoms with Crippen LogP contribution in [0.25, 0.3) is 33.8 Å². The lowest BCUT2D eigenvalue weighted by atomic mass is 9.99. The number of anilines is 1. The van der Waals surface area contributed by atoms with Gasteiger partial charge in [-0.25, -0.2) is 9.97 Å². The molecule has 5 aromatic rings. The highest BCUT2D eigenvalue weighted by atomic mass is 15.0. The molecular weight excluding hydrogens is 390 g/mol. The van der Waals surface area contributed by atoms with E-state index in [2.05, 4.69) is 66.0 Å². The van der Waals surface area contributed by atoms with Gasteiger partial charge in [-0.05, 0) is 11.1 Å². The van der Waals surface area contributed by atoms with Crippen molar-refractivity contribution in [2.75, 3.05) is 5.32 Å². The Bertz CT molecular complexity index is 1290. The van der Waals surface area contributed by atoms with Crippen molar-refractivity contribution in [2.45, 2.75) is 6.54 Å². The van der Waals surface area contributed by atoms with E-state index >= 15 is 0 Å². The smallest absolute Gasteiger partial charge is 0.162 e. The number of rotatable bonds is 6. The van der Waals surface area contributed by atoms with Crippen molar-refractivity contribution in [3.8, 4) is 33.8 Å². The average Bonchev–Trinajstić information content (AvgIpc) is 2.89. The second kappa shape index (κ2) is 9.27. The molecule has 0 aliphatic heterocycles. The van der Waals surface area contributed by atoms with E-state index in [0.29, 0.717) is 12.4 Å². The molecular formula is C29H23N3. The Kier molecular flexibility index (Phi) is 5.71. The fourth-order valence-electron chi connectivity index (χ4n) is 3.77. The van der Waals surface area contributed by atoms with E-state index in [0.717, 1.165) is 33.8 Å². The molecule has 1 N–H and O–H groups in total. The molecule has 1 heterocycles. The third-order valence-electron chi connectivity index (χ3n) is 5.35. The first-order valence-electron chi connectivity index (χ1n) is 10.7. The first kappa shape index (κ1) is 19.7. The van der Waals surface area contributed by atoms with Crippen LogP contribution < -0.4 is 5.32 Å². The SMILES string of the molecule is c1ccc(CNc2nc(-c3ccccc3)nc(-c3ccccc3)c2-c2ccccc2)cc1. The molecule has 0 radical (unpaired) electrons. The standard InChI is InChI=1S/C29H23N3/c1-5-13-22(14-6-1)21-30-29-26(23-15-7-2-8-16-23)27(24-17-9-3-10-18-24)31-28(32-29)25-19-11-4-12-20-25/h1-20H,21H2,(H,30,31,32). The number of hydrogen-bond donors (Lipinski definition) is 1. The first-order chi connectivity index (χ1) is 15.9. The van der Waals surface area contributed by atoms with Crippen LogP contribution in [0.1, 0.15) is 5.56 Å². The van der Waals surface area contributed by atoms with Crippen LogP contribution in [-0.4, -0.2) is 9.97 Å². The van der Waals surface area contributed by atoms with Crippen LogP contribution in [0.3, 0.4) is 0 Å². The Morgan fingerprint density at radius 2 is 1.00 bits per heavy atom. The van der Waals surface area contributed by atoms with Crippen molar-refractivity contribution >= 4 is 5.82 Å². The fourth-order valence-corrected chi connectivity index (χ4v) is 3.77. The molecule has 0 aliphatic carbocycles. The van der Waals surface area contributed by atoms with Crippen molar-refractivity contribution in [3.63, 3.8) is 0 Å². The lowest BCUT2D eigenvalue weighted by molar-refractivity contribution is 1.09.